The average molecular weight is 205 g/mol. The highest BCUT2D eigenvalue weighted by molar-refractivity contribution is 5.61. The van der Waals surface area contributed by atoms with E-state index in [1.807, 2.05) is 30.3 Å². The molecule has 0 fully saturated rings. The summed E-state index contributed by atoms with van der Waals surface area (Å²) >= 11 is 0. The Balaban J connectivity index is 2.39. The maximum atomic E-state index is 10.9. The molecule has 1 rings (SSSR count). The number of hydrogen-bond acceptors (Lipinski definition) is 2. The van der Waals surface area contributed by atoms with Crippen molar-refractivity contribution in [2.24, 2.45) is 5.73 Å². The van der Waals surface area contributed by atoms with E-state index in [1.54, 1.807) is 0 Å². The van der Waals surface area contributed by atoms with E-state index in [2.05, 4.69) is 0 Å². The molecule has 1 aromatic carbocycles. The molecule has 0 aromatic heterocycles. The zero-order chi connectivity index (χ0) is 10.9. The molecule has 0 amide bonds. The van der Waals surface area contributed by atoms with Gasteiger partial charge in [0.25, 0.3) is 0 Å². The third kappa shape index (κ3) is 4.26. The van der Waals surface area contributed by atoms with Gasteiger partial charge in [0.2, 0.25) is 0 Å². The molecule has 0 aliphatic heterocycles. The van der Waals surface area contributed by atoms with Gasteiger partial charge in [-0.3, -0.25) is 0 Å². The first-order valence-corrected chi connectivity index (χ1v) is 5.58. The van der Waals surface area contributed by atoms with Gasteiger partial charge in [-0.05, 0) is 24.9 Å². The first kappa shape index (κ1) is 11.9. The predicted octanol–water partition coefficient (Wildman–Crippen LogP) is 2.49. The van der Waals surface area contributed by atoms with Crippen LogP contribution >= 0.6 is 0 Å². The first-order valence-electron chi connectivity index (χ1n) is 5.58. The van der Waals surface area contributed by atoms with Gasteiger partial charge in [-0.2, -0.15) is 0 Å². The van der Waals surface area contributed by atoms with Gasteiger partial charge < -0.3 is 10.5 Å². The van der Waals surface area contributed by atoms with Crippen molar-refractivity contribution in [3.8, 4) is 0 Å². The number of benzene rings is 1. The van der Waals surface area contributed by atoms with Crippen LogP contribution in [0.1, 0.15) is 37.2 Å². The number of nitrogens with two attached hydrogens (primary N) is 1. The monoisotopic (exact) mass is 205 g/mol. The minimum Gasteiger partial charge on any atom is -0.330 e. The number of carbonyl (C=O) groups excluding carboxylic acids is 1. The third-order valence-corrected chi connectivity index (χ3v) is 2.61. The number of rotatable bonds is 7. The van der Waals surface area contributed by atoms with Gasteiger partial charge in [-0.15, -0.1) is 0 Å². The fraction of sp³-hybridized carbons (Fsp3) is 0.462. The summed E-state index contributed by atoms with van der Waals surface area (Å²) < 4.78 is 0. The van der Waals surface area contributed by atoms with Gasteiger partial charge in [0.1, 0.15) is 6.29 Å². The van der Waals surface area contributed by atoms with E-state index in [4.69, 9.17) is 5.73 Å². The zero-order valence-corrected chi connectivity index (χ0v) is 9.06. The zero-order valence-electron chi connectivity index (χ0n) is 9.06. The summed E-state index contributed by atoms with van der Waals surface area (Å²) in [4.78, 5) is 10.9. The fourth-order valence-corrected chi connectivity index (χ4v) is 1.70. The Morgan fingerprint density at radius 3 is 2.47 bits per heavy atom. The van der Waals surface area contributed by atoms with Gasteiger partial charge in [0.15, 0.2) is 0 Å². The van der Waals surface area contributed by atoms with E-state index in [9.17, 15) is 4.79 Å². The highest BCUT2D eigenvalue weighted by atomic mass is 16.1. The lowest BCUT2D eigenvalue weighted by atomic mass is 9.95. The second-order valence-electron chi connectivity index (χ2n) is 3.79. The Morgan fingerprint density at radius 2 is 1.87 bits per heavy atom. The molecule has 2 N–H and O–H groups in total. The van der Waals surface area contributed by atoms with E-state index in [-0.39, 0.29) is 5.92 Å². The summed E-state index contributed by atoms with van der Waals surface area (Å²) in [6, 6.07) is 9.96. The van der Waals surface area contributed by atoms with Crippen LogP contribution in [0.3, 0.4) is 0 Å². The van der Waals surface area contributed by atoms with Crippen LogP contribution in [0, 0.1) is 0 Å². The van der Waals surface area contributed by atoms with Crippen LogP contribution in [-0.4, -0.2) is 12.8 Å². The molecule has 0 aliphatic carbocycles. The van der Waals surface area contributed by atoms with Crippen LogP contribution in [0.15, 0.2) is 30.3 Å². The Kier molecular flexibility index (Phi) is 5.71. The minimum atomic E-state index is 0.0592. The molecule has 2 heteroatoms. The van der Waals surface area contributed by atoms with Crippen molar-refractivity contribution in [3.05, 3.63) is 35.9 Å². The molecule has 0 bridgehead atoms. The first-order chi connectivity index (χ1) is 7.38. The fourth-order valence-electron chi connectivity index (χ4n) is 1.70. The Labute approximate surface area is 91.5 Å². The Bertz CT molecular complexity index is 271. The van der Waals surface area contributed by atoms with Crippen LogP contribution in [0.25, 0.3) is 0 Å². The summed E-state index contributed by atoms with van der Waals surface area (Å²) in [5, 5.41) is 0. The molecule has 0 radical (unpaired) electrons. The van der Waals surface area contributed by atoms with Crippen molar-refractivity contribution in [3.63, 3.8) is 0 Å². The summed E-state index contributed by atoms with van der Waals surface area (Å²) in [5.74, 6) is 0.0592. The molecule has 0 saturated carbocycles. The molecular weight excluding hydrogens is 186 g/mol. The van der Waals surface area contributed by atoms with Crippen LogP contribution in [0.5, 0.6) is 0 Å². The highest BCUT2D eigenvalue weighted by Gasteiger charge is 2.08. The molecule has 1 aromatic rings. The van der Waals surface area contributed by atoms with E-state index in [0.717, 1.165) is 44.1 Å². The normalized spacial score (nSPS) is 12.3. The predicted molar refractivity (Wildman–Crippen MR) is 62.8 cm³/mol. The highest BCUT2D eigenvalue weighted by Crippen LogP contribution is 2.19. The number of aldehydes is 1. The average Bonchev–Trinajstić information content (AvgIpc) is 2.30. The Hall–Kier alpha value is -1.15. The minimum absolute atomic E-state index is 0.0592. The van der Waals surface area contributed by atoms with Crippen molar-refractivity contribution in [2.45, 2.75) is 31.6 Å². The topological polar surface area (TPSA) is 43.1 Å². The van der Waals surface area contributed by atoms with Crippen molar-refractivity contribution >= 4 is 6.29 Å². The van der Waals surface area contributed by atoms with Crippen molar-refractivity contribution in [2.75, 3.05) is 6.54 Å². The van der Waals surface area contributed by atoms with Crippen LogP contribution in [-0.2, 0) is 4.79 Å². The molecule has 1 unspecified atom stereocenters. The second kappa shape index (κ2) is 7.18. The SMILES string of the molecule is NCCCCCC(C=O)c1ccccc1. The molecule has 2 nitrogen and oxygen atoms in total. The van der Waals surface area contributed by atoms with Gasteiger partial charge in [0, 0.05) is 5.92 Å². The summed E-state index contributed by atoms with van der Waals surface area (Å²) in [6.45, 7) is 0.747. The molecule has 15 heavy (non-hydrogen) atoms. The molecule has 0 heterocycles. The number of unbranched alkanes of at least 4 members (excludes halogenated alkanes) is 2. The molecule has 82 valence electrons. The van der Waals surface area contributed by atoms with Crippen LogP contribution < -0.4 is 5.73 Å². The quantitative estimate of drug-likeness (QED) is 0.549. The molecule has 1 atom stereocenters. The lowest BCUT2D eigenvalue weighted by Gasteiger charge is -2.09. The lowest BCUT2D eigenvalue weighted by molar-refractivity contribution is -0.109. The molecule has 0 spiro atoms. The maximum absolute atomic E-state index is 10.9. The number of hydrogen-bond donors (Lipinski definition) is 1. The second-order valence-corrected chi connectivity index (χ2v) is 3.79. The van der Waals surface area contributed by atoms with Gasteiger partial charge in [-0.25, -0.2) is 0 Å². The van der Waals surface area contributed by atoms with E-state index in [1.165, 1.54) is 0 Å². The van der Waals surface area contributed by atoms with E-state index >= 15 is 0 Å². The summed E-state index contributed by atoms with van der Waals surface area (Å²) in [7, 11) is 0. The lowest BCUT2D eigenvalue weighted by Crippen LogP contribution is -2.02. The van der Waals surface area contributed by atoms with Gasteiger partial charge in [-0.1, -0.05) is 43.2 Å². The largest absolute Gasteiger partial charge is 0.330 e. The van der Waals surface area contributed by atoms with Crippen LogP contribution in [0.4, 0.5) is 0 Å². The summed E-state index contributed by atoms with van der Waals surface area (Å²) in [6.07, 6.45) is 5.24. The van der Waals surface area contributed by atoms with Crippen molar-refractivity contribution < 1.29 is 4.79 Å². The van der Waals surface area contributed by atoms with Gasteiger partial charge >= 0.3 is 0 Å². The maximum Gasteiger partial charge on any atom is 0.127 e. The smallest absolute Gasteiger partial charge is 0.127 e. The van der Waals surface area contributed by atoms with E-state index in [0.29, 0.717) is 0 Å². The Morgan fingerprint density at radius 1 is 1.13 bits per heavy atom. The number of carbonyl (C=O) groups is 1. The van der Waals surface area contributed by atoms with Crippen molar-refractivity contribution in [1.82, 2.24) is 0 Å². The van der Waals surface area contributed by atoms with Crippen LogP contribution in [0.2, 0.25) is 0 Å². The van der Waals surface area contributed by atoms with E-state index < -0.39 is 0 Å². The summed E-state index contributed by atoms with van der Waals surface area (Å²) in [5.41, 5.74) is 6.54. The molecule has 0 saturated heterocycles. The molecule has 0 aliphatic rings. The van der Waals surface area contributed by atoms with Gasteiger partial charge in [0.05, 0.1) is 0 Å². The third-order valence-electron chi connectivity index (χ3n) is 2.61. The standard InChI is InChI=1S/C13H19NO/c14-10-6-2-5-9-13(11-15)12-7-3-1-4-8-12/h1,3-4,7-8,11,13H,2,5-6,9-10,14H2. The molecular formula is C13H19NO. The van der Waals surface area contributed by atoms with Crippen molar-refractivity contribution in [1.29, 1.82) is 0 Å².